The molecule has 0 heterocycles. The summed E-state index contributed by atoms with van der Waals surface area (Å²) in [5.74, 6) is 2.79. The van der Waals surface area contributed by atoms with E-state index in [1.807, 2.05) is 0 Å². The number of hydrogen-bond acceptors (Lipinski definition) is 0. The summed E-state index contributed by atoms with van der Waals surface area (Å²) in [7, 11) is 0. The Hall–Kier alpha value is 1.97. The minimum atomic E-state index is 0. The van der Waals surface area contributed by atoms with Gasteiger partial charge in [-0.15, -0.1) is 0 Å². The van der Waals surface area contributed by atoms with E-state index < -0.39 is 0 Å². The first-order valence-electron chi connectivity index (χ1n) is 7.97. The molecule has 0 atom stereocenters. The predicted octanol–water partition coefficient (Wildman–Crippen LogP) is 5.92. The summed E-state index contributed by atoms with van der Waals surface area (Å²) in [6.07, 6.45) is 5.80. The molecule has 0 unspecified atom stereocenters. The Kier molecular flexibility index (Phi) is 32.2. The Labute approximate surface area is 194 Å². The van der Waals surface area contributed by atoms with Gasteiger partial charge in [0.15, 0.2) is 0 Å². The average molecular weight is 1010 g/mol. The van der Waals surface area contributed by atoms with Crippen LogP contribution in [0.3, 0.4) is 0 Å². The summed E-state index contributed by atoms with van der Waals surface area (Å²) in [4.78, 5) is 0. The summed E-state index contributed by atoms with van der Waals surface area (Å²) >= 11 is 6.24. The Bertz CT molecular complexity index is 330. The molecule has 142 valence electrons. The van der Waals surface area contributed by atoms with Crippen LogP contribution in [0.4, 0.5) is 0 Å². The van der Waals surface area contributed by atoms with E-state index in [4.69, 9.17) is 0 Å². The van der Waals surface area contributed by atoms with Crippen LogP contribution in [0.25, 0.3) is 0 Å². The molecule has 0 radical (unpaired) electrons. The quantitative estimate of drug-likeness (QED) is 0.308. The SMILES string of the molecule is C.CC(C)C1=CC=C(C(C)C)C1.CC(C)[C-]=[W].CC(C)[C-]=[W].[W]=[W]. The molecule has 0 nitrogen and oxygen atoms in total. The van der Waals surface area contributed by atoms with Crippen molar-refractivity contribution in [1.82, 2.24) is 0 Å². The van der Waals surface area contributed by atoms with Crippen molar-refractivity contribution in [3.63, 3.8) is 0 Å². The molecule has 0 saturated heterocycles. The van der Waals surface area contributed by atoms with Gasteiger partial charge in [0.05, 0.1) is 0 Å². The van der Waals surface area contributed by atoms with Gasteiger partial charge >= 0.3 is 119 Å². The topological polar surface area (TPSA) is 0 Å². The van der Waals surface area contributed by atoms with Crippen molar-refractivity contribution in [3.8, 4) is 0 Å². The van der Waals surface area contributed by atoms with Gasteiger partial charge in [-0.05, 0) is 18.3 Å². The van der Waals surface area contributed by atoms with E-state index in [0.717, 1.165) is 11.8 Å². The minimum absolute atomic E-state index is 0. The fourth-order valence-electron chi connectivity index (χ4n) is 1.36. The Morgan fingerprint density at radius 1 is 0.708 bits per heavy atom. The molecular formula is C20H36W4-2. The van der Waals surface area contributed by atoms with Crippen LogP contribution in [-0.2, 0) is 71.2 Å². The maximum absolute atomic E-state index is 3.11. The van der Waals surface area contributed by atoms with Crippen LogP contribution < -0.4 is 0 Å². The zero-order chi connectivity index (χ0) is 19.0. The molecular weight excluding hydrogens is 976 g/mol. The molecule has 0 spiro atoms. The van der Waals surface area contributed by atoms with Crippen LogP contribution in [-0.4, -0.2) is 8.80 Å². The molecule has 0 aromatic heterocycles. The molecule has 0 aromatic carbocycles. The second-order valence-electron chi connectivity index (χ2n) is 6.51. The maximum atomic E-state index is 3.11. The van der Waals surface area contributed by atoms with Gasteiger partial charge in [0.25, 0.3) is 0 Å². The Balaban J connectivity index is -0.000000131. The fraction of sp³-hybridized carbons (Fsp3) is 0.700. The van der Waals surface area contributed by atoms with Gasteiger partial charge in [-0.2, -0.15) is 0 Å². The van der Waals surface area contributed by atoms with E-state index in [-0.39, 0.29) is 7.43 Å². The zero-order valence-electron chi connectivity index (χ0n) is 15.8. The number of hydrogen-bond donors (Lipinski definition) is 0. The van der Waals surface area contributed by atoms with Gasteiger partial charge in [0, 0.05) is 0 Å². The molecule has 24 heavy (non-hydrogen) atoms. The molecule has 0 N–H and O–H groups in total. The molecule has 0 aromatic rings. The molecule has 1 aliphatic rings. The standard InChI is InChI=1S/C11H18.2C4H7.CH4.4W/c1-8(2)10-5-6-11(7-10)9(3)4;2*1-4(2)3;;;;;/h5-6,8-9H,7H2,1-4H3;2*4H,1-2H3;1H4;;;;/q;2*-1;;;;;. The van der Waals surface area contributed by atoms with Crippen molar-refractivity contribution in [2.75, 3.05) is 0 Å². The Morgan fingerprint density at radius 3 is 1.00 bits per heavy atom. The normalized spacial score (nSPS) is 11.8. The predicted molar refractivity (Wildman–Crippen MR) is 96.9 cm³/mol. The molecule has 4 heteroatoms. The van der Waals surface area contributed by atoms with E-state index in [2.05, 4.69) is 76.3 Å². The molecule has 1 aliphatic carbocycles. The van der Waals surface area contributed by atoms with Crippen molar-refractivity contribution >= 4 is 8.80 Å². The zero-order valence-corrected chi connectivity index (χ0v) is 27.5. The second kappa shape index (κ2) is 23.0. The second-order valence-corrected chi connectivity index (χ2v) is 8.21. The van der Waals surface area contributed by atoms with Crippen LogP contribution in [0, 0.1) is 23.7 Å². The summed E-state index contributed by atoms with van der Waals surface area (Å²) in [6, 6.07) is 0. The third-order valence-electron chi connectivity index (χ3n) is 2.87. The summed E-state index contributed by atoms with van der Waals surface area (Å²) in [5.41, 5.74) is 3.18. The summed E-state index contributed by atoms with van der Waals surface area (Å²) in [5, 5.41) is 0. The van der Waals surface area contributed by atoms with Crippen LogP contribution in [0.15, 0.2) is 23.3 Å². The van der Waals surface area contributed by atoms with Crippen molar-refractivity contribution in [2.24, 2.45) is 23.7 Å². The fourth-order valence-corrected chi connectivity index (χ4v) is 1.36. The first-order valence-corrected chi connectivity index (χ1v) is 21.9. The van der Waals surface area contributed by atoms with Gasteiger partial charge in [0.2, 0.25) is 0 Å². The summed E-state index contributed by atoms with van der Waals surface area (Å²) < 4.78 is 6.22. The van der Waals surface area contributed by atoms with E-state index in [1.54, 1.807) is 43.6 Å². The van der Waals surface area contributed by atoms with E-state index in [1.165, 1.54) is 45.1 Å². The molecule has 0 fully saturated rings. The number of allylic oxidation sites excluding steroid dienone is 4. The first-order chi connectivity index (χ1) is 10.6. The van der Waals surface area contributed by atoms with E-state index in [9.17, 15) is 0 Å². The third kappa shape index (κ3) is 24.0. The van der Waals surface area contributed by atoms with Gasteiger partial charge in [-0.1, -0.05) is 58.4 Å². The van der Waals surface area contributed by atoms with Gasteiger partial charge in [0.1, 0.15) is 0 Å². The molecule has 1 rings (SSSR count). The molecule has 0 saturated carbocycles. The van der Waals surface area contributed by atoms with Gasteiger partial charge in [-0.3, -0.25) is 0 Å². The Morgan fingerprint density at radius 2 is 0.917 bits per heavy atom. The first kappa shape index (κ1) is 33.5. The number of rotatable bonds is 4. The van der Waals surface area contributed by atoms with E-state index in [0.29, 0.717) is 11.8 Å². The van der Waals surface area contributed by atoms with Crippen LogP contribution >= 0.6 is 0 Å². The summed E-state index contributed by atoms with van der Waals surface area (Å²) in [6.45, 7) is 17.6. The van der Waals surface area contributed by atoms with Crippen LogP contribution in [0.2, 0.25) is 0 Å². The van der Waals surface area contributed by atoms with Crippen molar-refractivity contribution in [2.45, 2.75) is 69.2 Å². The molecule has 0 aliphatic heterocycles. The van der Waals surface area contributed by atoms with Gasteiger partial charge in [-0.25, -0.2) is 0 Å². The van der Waals surface area contributed by atoms with Crippen molar-refractivity contribution in [1.29, 1.82) is 0 Å². The van der Waals surface area contributed by atoms with E-state index >= 15 is 0 Å². The molecule has 0 bridgehead atoms. The monoisotopic (exact) mass is 1010 g/mol. The van der Waals surface area contributed by atoms with Crippen LogP contribution in [0.1, 0.15) is 69.2 Å². The van der Waals surface area contributed by atoms with Gasteiger partial charge < -0.3 is 0 Å². The van der Waals surface area contributed by atoms with Crippen LogP contribution in [0.5, 0.6) is 0 Å². The molecule has 0 amide bonds. The van der Waals surface area contributed by atoms with Crippen molar-refractivity contribution < 1.29 is 71.2 Å². The van der Waals surface area contributed by atoms with Crippen molar-refractivity contribution in [3.05, 3.63) is 23.3 Å². The third-order valence-corrected chi connectivity index (χ3v) is 6.26. The average Bonchev–Trinajstić information content (AvgIpc) is 3.01.